The molecule has 3 rings (SSSR count). The lowest BCUT2D eigenvalue weighted by Crippen LogP contribution is -2.32. The van der Waals surface area contributed by atoms with Crippen molar-refractivity contribution in [1.29, 1.82) is 0 Å². The van der Waals surface area contributed by atoms with Crippen molar-refractivity contribution in [3.8, 4) is 0 Å². The van der Waals surface area contributed by atoms with Crippen LogP contribution in [0.1, 0.15) is 42.3 Å². The van der Waals surface area contributed by atoms with Gasteiger partial charge in [-0.3, -0.25) is 0 Å². The molecule has 4 nitrogen and oxygen atoms in total. The molecule has 0 saturated carbocycles. The van der Waals surface area contributed by atoms with Gasteiger partial charge in [-0.05, 0) is 42.5 Å². The van der Waals surface area contributed by atoms with Crippen molar-refractivity contribution >= 4 is 11.6 Å². The maximum atomic E-state index is 6.12. The van der Waals surface area contributed by atoms with Crippen LogP contribution in [0.3, 0.4) is 0 Å². The maximum absolute atomic E-state index is 6.12. The molecule has 0 aliphatic carbocycles. The van der Waals surface area contributed by atoms with Gasteiger partial charge in [0, 0.05) is 30.2 Å². The molecular formula is C17H22N4. The number of aryl methyl sites for hydroxylation is 1. The third-order valence-electron chi connectivity index (χ3n) is 4.05. The second kappa shape index (κ2) is 5.35. The molecule has 2 aromatic rings. The molecule has 1 aliphatic rings. The molecule has 0 bridgehead atoms. The Morgan fingerprint density at radius 3 is 2.81 bits per heavy atom. The number of hydrogen-bond acceptors (Lipinski definition) is 4. The summed E-state index contributed by atoms with van der Waals surface area (Å²) >= 11 is 0. The molecule has 0 saturated heterocycles. The van der Waals surface area contributed by atoms with Gasteiger partial charge in [-0.1, -0.05) is 26.0 Å². The number of fused-ring (bicyclic) bond motifs is 1. The van der Waals surface area contributed by atoms with Gasteiger partial charge in [0.15, 0.2) is 0 Å². The SMILES string of the molecule is Cc1cc(C(C)C)nc(N2CCc3cccc(N)c3C2)n1. The number of nitrogens with two attached hydrogens (primary N) is 1. The van der Waals surface area contributed by atoms with Crippen LogP contribution >= 0.6 is 0 Å². The average molecular weight is 282 g/mol. The first kappa shape index (κ1) is 13.9. The number of benzene rings is 1. The van der Waals surface area contributed by atoms with Gasteiger partial charge < -0.3 is 10.6 Å². The summed E-state index contributed by atoms with van der Waals surface area (Å²) in [7, 11) is 0. The third kappa shape index (κ3) is 2.71. The standard InChI is InChI=1S/C17H22N4/c1-11(2)16-9-12(3)19-17(20-16)21-8-7-13-5-4-6-15(18)14(13)10-21/h4-6,9,11H,7-8,10,18H2,1-3H3. The van der Waals surface area contributed by atoms with Crippen LogP contribution < -0.4 is 10.6 Å². The molecule has 1 aromatic carbocycles. The zero-order valence-corrected chi connectivity index (χ0v) is 12.9. The molecule has 0 radical (unpaired) electrons. The van der Waals surface area contributed by atoms with Crippen LogP contribution in [0.15, 0.2) is 24.3 Å². The quantitative estimate of drug-likeness (QED) is 0.860. The molecule has 110 valence electrons. The number of nitrogen functional groups attached to an aromatic ring is 1. The highest BCUT2D eigenvalue weighted by Gasteiger charge is 2.21. The smallest absolute Gasteiger partial charge is 0.226 e. The van der Waals surface area contributed by atoms with E-state index in [2.05, 4.69) is 35.9 Å². The zero-order valence-electron chi connectivity index (χ0n) is 12.9. The summed E-state index contributed by atoms with van der Waals surface area (Å²) in [5, 5.41) is 0. The summed E-state index contributed by atoms with van der Waals surface area (Å²) in [5.74, 6) is 1.24. The minimum absolute atomic E-state index is 0.410. The van der Waals surface area contributed by atoms with E-state index in [1.807, 2.05) is 19.1 Å². The molecule has 0 spiro atoms. The van der Waals surface area contributed by atoms with Gasteiger partial charge >= 0.3 is 0 Å². The van der Waals surface area contributed by atoms with Crippen LogP contribution in [-0.4, -0.2) is 16.5 Å². The number of hydrogen-bond donors (Lipinski definition) is 1. The third-order valence-corrected chi connectivity index (χ3v) is 4.05. The zero-order chi connectivity index (χ0) is 15.0. The molecule has 2 heterocycles. The molecule has 4 heteroatoms. The predicted molar refractivity (Wildman–Crippen MR) is 86.5 cm³/mol. The van der Waals surface area contributed by atoms with E-state index >= 15 is 0 Å². The van der Waals surface area contributed by atoms with E-state index in [4.69, 9.17) is 10.7 Å². The summed E-state index contributed by atoms with van der Waals surface area (Å²) in [4.78, 5) is 11.6. The average Bonchev–Trinajstić information content (AvgIpc) is 2.46. The first-order valence-corrected chi connectivity index (χ1v) is 7.51. The number of nitrogens with zero attached hydrogens (tertiary/aromatic N) is 3. The molecule has 0 fully saturated rings. The van der Waals surface area contributed by atoms with E-state index in [1.54, 1.807) is 0 Å². The predicted octanol–water partition coefficient (Wildman–Crippen LogP) is 3.05. The molecule has 2 N–H and O–H groups in total. The first-order chi connectivity index (χ1) is 10.0. The van der Waals surface area contributed by atoms with E-state index in [0.717, 1.165) is 42.5 Å². The van der Waals surface area contributed by atoms with Gasteiger partial charge in [0.2, 0.25) is 5.95 Å². The lowest BCUT2D eigenvalue weighted by Gasteiger charge is -2.30. The van der Waals surface area contributed by atoms with Crippen molar-refractivity contribution in [3.63, 3.8) is 0 Å². The highest BCUT2D eigenvalue weighted by molar-refractivity contribution is 5.54. The monoisotopic (exact) mass is 282 g/mol. The lowest BCUT2D eigenvalue weighted by molar-refractivity contribution is 0.696. The van der Waals surface area contributed by atoms with E-state index in [1.165, 1.54) is 11.1 Å². The first-order valence-electron chi connectivity index (χ1n) is 7.51. The Morgan fingerprint density at radius 2 is 2.05 bits per heavy atom. The van der Waals surface area contributed by atoms with Crippen molar-refractivity contribution in [2.75, 3.05) is 17.2 Å². The van der Waals surface area contributed by atoms with E-state index in [0.29, 0.717) is 5.92 Å². The van der Waals surface area contributed by atoms with Crippen LogP contribution in [0.5, 0.6) is 0 Å². The van der Waals surface area contributed by atoms with Gasteiger partial charge in [0.25, 0.3) is 0 Å². The van der Waals surface area contributed by atoms with Gasteiger partial charge in [0.1, 0.15) is 0 Å². The highest BCUT2D eigenvalue weighted by atomic mass is 15.3. The Kier molecular flexibility index (Phi) is 3.53. The van der Waals surface area contributed by atoms with Crippen LogP contribution in [0, 0.1) is 6.92 Å². The van der Waals surface area contributed by atoms with E-state index in [-0.39, 0.29) is 0 Å². The molecule has 0 amide bonds. The van der Waals surface area contributed by atoms with Gasteiger partial charge in [0.05, 0.1) is 0 Å². The van der Waals surface area contributed by atoms with Crippen LogP contribution in [-0.2, 0) is 13.0 Å². The Bertz CT molecular complexity index is 664. The van der Waals surface area contributed by atoms with Crippen LogP contribution in [0.4, 0.5) is 11.6 Å². The second-order valence-corrected chi connectivity index (χ2v) is 6.05. The number of rotatable bonds is 2. The summed E-state index contributed by atoms with van der Waals surface area (Å²) in [6.45, 7) is 8.09. The summed E-state index contributed by atoms with van der Waals surface area (Å²) in [5.41, 5.74) is 11.7. The molecule has 1 aromatic heterocycles. The second-order valence-electron chi connectivity index (χ2n) is 6.05. The van der Waals surface area contributed by atoms with Crippen molar-refractivity contribution < 1.29 is 0 Å². The summed E-state index contributed by atoms with van der Waals surface area (Å²) in [6.07, 6.45) is 0.995. The van der Waals surface area contributed by atoms with Crippen LogP contribution in [0.2, 0.25) is 0 Å². The molecular weight excluding hydrogens is 260 g/mol. The Balaban J connectivity index is 1.94. The number of aromatic nitrogens is 2. The van der Waals surface area contributed by atoms with Crippen molar-refractivity contribution in [1.82, 2.24) is 9.97 Å². The summed E-state index contributed by atoms with van der Waals surface area (Å²) < 4.78 is 0. The molecule has 1 aliphatic heterocycles. The molecule has 0 atom stereocenters. The van der Waals surface area contributed by atoms with Crippen molar-refractivity contribution in [2.24, 2.45) is 0 Å². The Morgan fingerprint density at radius 1 is 1.24 bits per heavy atom. The molecule has 21 heavy (non-hydrogen) atoms. The minimum Gasteiger partial charge on any atom is -0.398 e. The van der Waals surface area contributed by atoms with Crippen molar-refractivity contribution in [2.45, 2.75) is 39.7 Å². The van der Waals surface area contributed by atoms with E-state index in [9.17, 15) is 0 Å². The van der Waals surface area contributed by atoms with E-state index < -0.39 is 0 Å². The molecule has 0 unspecified atom stereocenters. The number of anilines is 2. The topological polar surface area (TPSA) is 55.0 Å². The fourth-order valence-electron chi connectivity index (χ4n) is 2.79. The van der Waals surface area contributed by atoms with Crippen molar-refractivity contribution in [3.05, 3.63) is 46.8 Å². The normalized spacial score (nSPS) is 14.4. The largest absolute Gasteiger partial charge is 0.398 e. The Labute approximate surface area is 126 Å². The van der Waals surface area contributed by atoms with Gasteiger partial charge in [-0.2, -0.15) is 0 Å². The lowest BCUT2D eigenvalue weighted by atomic mass is 9.98. The van der Waals surface area contributed by atoms with Gasteiger partial charge in [-0.25, -0.2) is 9.97 Å². The Hall–Kier alpha value is -2.10. The minimum atomic E-state index is 0.410. The van der Waals surface area contributed by atoms with Gasteiger partial charge in [-0.15, -0.1) is 0 Å². The maximum Gasteiger partial charge on any atom is 0.226 e. The summed E-state index contributed by atoms with van der Waals surface area (Å²) in [6, 6.07) is 8.24. The fourth-order valence-corrected chi connectivity index (χ4v) is 2.79. The highest BCUT2D eigenvalue weighted by Crippen LogP contribution is 2.27. The fraction of sp³-hybridized carbons (Fsp3) is 0.412. The van der Waals surface area contributed by atoms with Crippen LogP contribution in [0.25, 0.3) is 0 Å².